The van der Waals surface area contributed by atoms with Crippen LogP contribution in [0.1, 0.15) is 29.2 Å². The number of anilines is 1. The Hall–Kier alpha value is -2.91. The van der Waals surface area contributed by atoms with E-state index in [9.17, 15) is 10.4 Å². The van der Waals surface area contributed by atoms with Gasteiger partial charge in [-0.15, -0.1) is 0 Å². The van der Waals surface area contributed by atoms with Gasteiger partial charge in [0, 0.05) is 36.9 Å². The zero-order valence-electron chi connectivity index (χ0n) is 14.8. The number of pyridine rings is 1. The maximum absolute atomic E-state index is 10.8. The number of fused-ring (bicyclic) bond motifs is 1. The Kier molecular flexibility index (Phi) is 4.19. The molecule has 6 nitrogen and oxygen atoms in total. The second-order valence-electron chi connectivity index (χ2n) is 6.67. The van der Waals surface area contributed by atoms with E-state index in [1.165, 1.54) is 0 Å². The smallest absolute Gasteiger partial charge is 0.107 e. The van der Waals surface area contributed by atoms with Gasteiger partial charge in [-0.3, -0.25) is 9.67 Å². The topological polar surface area (TPSA) is 86.8 Å². The summed E-state index contributed by atoms with van der Waals surface area (Å²) in [5.74, 6) is 0. The molecule has 0 aliphatic carbocycles. The van der Waals surface area contributed by atoms with Gasteiger partial charge < -0.3 is 10.4 Å². The van der Waals surface area contributed by atoms with Crippen LogP contribution in [0.4, 0.5) is 5.69 Å². The van der Waals surface area contributed by atoms with Gasteiger partial charge in [-0.1, -0.05) is 11.6 Å². The molecule has 0 aliphatic rings. The molecule has 0 aliphatic heterocycles. The number of benzene rings is 1. The number of nitrogens with one attached hydrogen (secondary N) is 1. The van der Waals surface area contributed by atoms with Crippen molar-refractivity contribution in [2.45, 2.75) is 26.4 Å². The highest BCUT2D eigenvalue weighted by atomic mass is 16.3. The quantitative estimate of drug-likeness (QED) is 0.765. The molecule has 6 heteroatoms. The van der Waals surface area contributed by atoms with E-state index in [4.69, 9.17) is 0 Å². The van der Waals surface area contributed by atoms with Crippen molar-refractivity contribution in [2.75, 3.05) is 11.9 Å². The van der Waals surface area contributed by atoms with E-state index in [0.717, 1.165) is 22.0 Å². The van der Waals surface area contributed by atoms with Crippen LogP contribution in [0, 0.1) is 25.2 Å². The highest BCUT2D eigenvalue weighted by Crippen LogP contribution is 2.30. The fraction of sp³-hybridized carbons (Fsp3) is 0.316. The Morgan fingerprint density at radius 2 is 2.08 bits per heavy atom. The first kappa shape index (κ1) is 16.9. The second kappa shape index (κ2) is 6.19. The summed E-state index contributed by atoms with van der Waals surface area (Å²) in [7, 11) is 1.81. The molecule has 1 atom stereocenters. The Labute approximate surface area is 146 Å². The minimum Gasteiger partial charge on any atom is -0.383 e. The SMILES string of the molecule is Cc1cc(C)c2ncc(C#N)c(NC[C@](C)(O)c3cnn(C)c3)c2c1. The third-order valence-corrected chi connectivity index (χ3v) is 4.36. The molecule has 0 saturated carbocycles. The van der Waals surface area contributed by atoms with Crippen molar-refractivity contribution in [3.05, 3.63) is 53.0 Å². The monoisotopic (exact) mass is 335 g/mol. The van der Waals surface area contributed by atoms with E-state index in [1.807, 2.05) is 27.0 Å². The Balaban J connectivity index is 2.02. The Morgan fingerprint density at radius 3 is 2.72 bits per heavy atom. The van der Waals surface area contributed by atoms with Crippen molar-refractivity contribution in [2.24, 2.45) is 7.05 Å². The highest BCUT2D eigenvalue weighted by molar-refractivity contribution is 5.96. The van der Waals surface area contributed by atoms with Gasteiger partial charge in [-0.05, 0) is 32.4 Å². The number of hydrogen-bond donors (Lipinski definition) is 2. The first-order chi connectivity index (χ1) is 11.8. The molecular weight excluding hydrogens is 314 g/mol. The molecule has 0 saturated heterocycles. The fourth-order valence-corrected chi connectivity index (χ4v) is 3.00. The third-order valence-electron chi connectivity index (χ3n) is 4.36. The molecular formula is C19H21N5O. The largest absolute Gasteiger partial charge is 0.383 e. The summed E-state index contributed by atoms with van der Waals surface area (Å²) in [6, 6.07) is 6.26. The lowest BCUT2D eigenvalue weighted by Gasteiger charge is -2.24. The zero-order chi connectivity index (χ0) is 18.2. The summed E-state index contributed by atoms with van der Waals surface area (Å²) in [5, 5.41) is 28.5. The number of nitriles is 1. The molecule has 1 aromatic carbocycles. The second-order valence-corrected chi connectivity index (χ2v) is 6.67. The minimum atomic E-state index is -1.12. The van der Waals surface area contributed by atoms with E-state index < -0.39 is 5.60 Å². The molecule has 0 unspecified atom stereocenters. The molecule has 3 rings (SSSR count). The molecule has 3 aromatic rings. The molecule has 0 spiro atoms. The van der Waals surface area contributed by atoms with Gasteiger partial charge >= 0.3 is 0 Å². The van der Waals surface area contributed by atoms with Gasteiger partial charge in [0.15, 0.2) is 0 Å². The molecule has 2 aromatic heterocycles. The third kappa shape index (κ3) is 3.19. The molecule has 2 heterocycles. The van der Waals surface area contributed by atoms with Crippen LogP contribution >= 0.6 is 0 Å². The summed E-state index contributed by atoms with van der Waals surface area (Å²) < 4.78 is 1.65. The van der Waals surface area contributed by atoms with Crippen molar-refractivity contribution in [1.82, 2.24) is 14.8 Å². The van der Waals surface area contributed by atoms with Crippen molar-refractivity contribution in [1.29, 1.82) is 5.26 Å². The molecule has 2 N–H and O–H groups in total. The normalized spacial score (nSPS) is 13.4. The van der Waals surface area contributed by atoms with Crippen LogP contribution in [0.3, 0.4) is 0 Å². The molecule has 0 radical (unpaired) electrons. The van der Waals surface area contributed by atoms with Gasteiger partial charge in [0.1, 0.15) is 11.7 Å². The number of rotatable bonds is 4. The predicted molar refractivity (Wildman–Crippen MR) is 97.2 cm³/mol. The van der Waals surface area contributed by atoms with Crippen molar-refractivity contribution >= 4 is 16.6 Å². The Morgan fingerprint density at radius 1 is 1.32 bits per heavy atom. The molecule has 25 heavy (non-hydrogen) atoms. The van der Waals surface area contributed by atoms with Gasteiger partial charge in [-0.25, -0.2) is 0 Å². The van der Waals surface area contributed by atoms with E-state index in [2.05, 4.69) is 27.5 Å². The average Bonchev–Trinajstić information content (AvgIpc) is 2.99. The van der Waals surface area contributed by atoms with Crippen LogP contribution in [0.15, 0.2) is 30.7 Å². The number of aryl methyl sites for hydroxylation is 3. The maximum atomic E-state index is 10.8. The summed E-state index contributed by atoms with van der Waals surface area (Å²) >= 11 is 0. The van der Waals surface area contributed by atoms with Gasteiger partial charge in [0.2, 0.25) is 0 Å². The van der Waals surface area contributed by atoms with Crippen LogP contribution in [0.2, 0.25) is 0 Å². The minimum absolute atomic E-state index is 0.249. The van der Waals surface area contributed by atoms with Gasteiger partial charge in [0.05, 0.1) is 23.0 Å². The van der Waals surface area contributed by atoms with Crippen LogP contribution in [0.5, 0.6) is 0 Å². The molecule has 128 valence electrons. The number of aliphatic hydroxyl groups is 1. The summed E-state index contributed by atoms with van der Waals surface area (Å²) in [6.45, 7) is 5.99. The fourth-order valence-electron chi connectivity index (χ4n) is 3.00. The van der Waals surface area contributed by atoms with Crippen molar-refractivity contribution in [3.8, 4) is 6.07 Å². The average molecular weight is 335 g/mol. The maximum Gasteiger partial charge on any atom is 0.107 e. The molecule has 0 fully saturated rings. The van der Waals surface area contributed by atoms with E-state index in [-0.39, 0.29) is 6.54 Å². The standard InChI is InChI=1S/C19H21N5O/c1-12-5-13(2)17-16(6-12)18(14(7-20)8-21-17)22-11-19(3,25)15-9-23-24(4)10-15/h5-6,8-10,25H,11H2,1-4H3,(H,21,22)/t19-/m0/s1. The number of aromatic nitrogens is 3. The van der Waals surface area contributed by atoms with Crippen LogP contribution in [-0.4, -0.2) is 26.4 Å². The lowest BCUT2D eigenvalue weighted by Crippen LogP contribution is -2.30. The predicted octanol–water partition coefficient (Wildman–Crippen LogP) is 2.78. The lowest BCUT2D eigenvalue weighted by molar-refractivity contribution is 0.0715. The van der Waals surface area contributed by atoms with E-state index >= 15 is 0 Å². The first-order valence-corrected chi connectivity index (χ1v) is 8.07. The zero-order valence-corrected chi connectivity index (χ0v) is 14.8. The number of hydrogen-bond acceptors (Lipinski definition) is 5. The summed E-state index contributed by atoms with van der Waals surface area (Å²) in [5.41, 5.74) is 3.77. The van der Waals surface area contributed by atoms with Crippen LogP contribution in [0.25, 0.3) is 10.9 Å². The van der Waals surface area contributed by atoms with E-state index in [0.29, 0.717) is 16.8 Å². The summed E-state index contributed by atoms with van der Waals surface area (Å²) in [4.78, 5) is 4.42. The van der Waals surface area contributed by atoms with Gasteiger partial charge in [0.25, 0.3) is 0 Å². The highest BCUT2D eigenvalue weighted by Gasteiger charge is 2.25. The lowest BCUT2D eigenvalue weighted by atomic mass is 9.98. The Bertz CT molecular complexity index is 981. The van der Waals surface area contributed by atoms with Crippen LogP contribution < -0.4 is 5.32 Å². The van der Waals surface area contributed by atoms with Crippen LogP contribution in [-0.2, 0) is 12.6 Å². The van der Waals surface area contributed by atoms with Crippen molar-refractivity contribution < 1.29 is 5.11 Å². The first-order valence-electron chi connectivity index (χ1n) is 8.07. The van der Waals surface area contributed by atoms with Crippen molar-refractivity contribution in [3.63, 3.8) is 0 Å². The molecule has 0 bridgehead atoms. The summed E-state index contributed by atoms with van der Waals surface area (Å²) in [6.07, 6.45) is 5.00. The molecule has 0 amide bonds. The van der Waals surface area contributed by atoms with E-state index in [1.54, 1.807) is 30.2 Å². The number of nitrogens with zero attached hydrogens (tertiary/aromatic N) is 4. The van der Waals surface area contributed by atoms with Gasteiger partial charge in [-0.2, -0.15) is 10.4 Å².